The summed E-state index contributed by atoms with van der Waals surface area (Å²) in [5, 5.41) is 9.26. The smallest absolute Gasteiger partial charge is 0.220 e. The van der Waals surface area contributed by atoms with E-state index in [0.717, 1.165) is 5.56 Å². The summed E-state index contributed by atoms with van der Waals surface area (Å²) < 4.78 is 5.27. The van der Waals surface area contributed by atoms with Crippen LogP contribution in [-0.2, 0) is 4.79 Å². The molecule has 0 bridgehead atoms. The molecule has 1 aromatic rings. The number of aliphatic hydroxyl groups excluding tert-OH is 1. The summed E-state index contributed by atoms with van der Waals surface area (Å²) in [4.78, 5) is 10.4. The zero-order valence-corrected chi connectivity index (χ0v) is 8.64. The van der Waals surface area contributed by atoms with E-state index in [0.29, 0.717) is 5.75 Å². The number of benzene rings is 1. The van der Waals surface area contributed by atoms with Gasteiger partial charge in [-0.1, -0.05) is 12.1 Å². The summed E-state index contributed by atoms with van der Waals surface area (Å²) in [5.74, 6) is 0.288. The highest BCUT2D eigenvalue weighted by molar-refractivity contribution is 5.73. The van der Waals surface area contributed by atoms with E-state index in [1.54, 1.807) is 31.2 Å². The van der Waals surface area contributed by atoms with Crippen molar-refractivity contribution in [1.29, 1.82) is 0 Å². The Kier molecular flexibility index (Phi) is 4.12. The molecule has 4 nitrogen and oxygen atoms in total. The lowest BCUT2D eigenvalue weighted by Crippen LogP contribution is -2.14. The molecule has 1 amide bonds. The third kappa shape index (κ3) is 3.99. The largest absolute Gasteiger partial charge is 0.493 e. The second-order valence-electron chi connectivity index (χ2n) is 3.31. The number of carbonyl (C=O) groups is 1. The Bertz CT molecular complexity index is 319. The Balaban J connectivity index is 2.46. The van der Waals surface area contributed by atoms with Crippen LogP contribution in [0.5, 0.6) is 5.75 Å². The van der Waals surface area contributed by atoms with Crippen LogP contribution in [0.1, 0.15) is 25.0 Å². The van der Waals surface area contributed by atoms with E-state index in [9.17, 15) is 9.90 Å². The number of rotatable bonds is 5. The summed E-state index contributed by atoms with van der Waals surface area (Å²) in [6, 6.07) is 7.07. The number of hydrogen-bond donors (Lipinski definition) is 2. The van der Waals surface area contributed by atoms with Crippen LogP contribution in [0.3, 0.4) is 0 Å². The van der Waals surface area contributed by atoms with E-state index in [1.165, 1.54) is 0 Å². The predicted octanol–water partition coefficient (Wildman–Crippen LogP) is 0.994. The van der Waals surface area contributed by atoms with Gasteiger partial charge in [0.15, 0.2) is 0 Å². The highest BCUT2D eigenvalue weighted by atomic mass is 16.5. The van der Waals surface area contributed by atoms with Gasteiger partial charge in [-0.2, -0.15) is 0 Å². The van der Waals surface area contributed by atoms with Crippen molar-refractivity contribution in [3.8, 4) is 5.75 Å². The van der Waals surface area contributed by atoms with Gasteiger partial charge in [0.1, 0.15) is 5.75 Å². The fourth-order valence-electron chi connectivity index (χ4n) is 1.11. The molecule has 0 aliphatic rings. The molecule has 1 rings (SSSR count). The van der Waals surface area contributed by atoms with Crippen LogP contribution < -0.4 is 10.5 Å². The monoisotopic (exact) mass is 209 g/mol. The summed E-state index contributed by atoms with van der Waals surface area (Å²) in [6.45, 7) is 1.98. The van der Waals surface area contributed by atoms with Crippen molar-refractivity contribution in [3.05, 3.63) is 29.8 Å². The number of carbonyl (C=O) groups excluding carboxylic acids is 1. The van der Waals surface area contributed by atoms with Crippen LogP contribution in [-0.4, -0.2) is 17.6 Å². The number of hydrogen-bond acceptors (Lipinski definition) is 3. The van der Waals surface area contributed by atoms with Crippen molar-refractivity contribution in [2.75, 3.05) is 6.61 Å². The fraction of sp³-hybridized carbons (Fsp3) is 0.364. The highest BCUT2D eigenvalue weighted by Crippen LogP contribution is 2.17. The minimum atomic E-state index is -0.482. The number of primary amides is 1. The quantitative estimate of drug-likeness (QED) is 0.759. The van der Waals surface area contributed by atoms with Crippen molar-refractivity contribution < 1.29 is 14.6 Å². The molecular formula is C11H15NO3. The zero-order chi connectivity index (χ0) is 11.3. The van der Waals surface area contributed by atoms with Crippen LogP contribution in [0.4, 0.5) is 0 Å². The predicted molar refractivity (Wildman–Crippen MR) is 56.4 cm³/mol. The van der Waals surface area contributed by atoms with Gasteiger partial charge in [-0.25, -0.2) is 0 Å². The van der Waals surface area contributed by atoms with Gasteiger partial charge in [0.25, 0.3) is 0 Å². The van der Waals surface area contributed by atoms with E-state index in [1.807, 2.05) is 0 Å². The standard InChI is InChI=1S/C11H15NO3/c1-8(13)9-2-4-10(5-3-9)15-7-6-11(12)14/h2-5,8,13H,6-7H2,1H3,(H2,12,14)/t8-/m1/s1. The SMILES string of the molecule is C[C@@H](O)c1ccc(OCCC(N)=O)cc1. The lowest BCUT2D eigenvalue weighted by molar-refractivity contribution is -0.118. The number of amides is 1. The van der Waals surface area contributed by atoms with Crippen molar-refractivity contribution in [3.63, 3.8) is 0 Å². The van der Waals surface area contributed by atoms with Crippen molar-refractivity contribution in [2.45, 2.75) is 19.4 Å². The maximum absolute atomic E-state index is 10.4. The first-order valence-corrected chi connectivity index (χ1v) is 4.78. The maximum atomic E-state index is 10.4. The first-order valence-electron chi connectivity index (χ1n) is 4.78. The van der Waals surface area contributed by atoms with Crippen LogP contribution in [0.25, 0.3) is 0 Å². The minimum absolute atomic E-state index is 0.207. The molecule has 0 aromatic heterocycles. The van der Waals surface area contributed by atoms with Gasteiger partial charge in [0.2, 0.25) is 5.91 Å². The first kappa shape index (κ1) is 11.5. The van der Waals surface area contributed by atoms with Gasteiger partial charge >= 0.3 is 0 Å². The number of aliphatic hydroxyl groups is 1. The third-order valence-corrected chi connectivity index (χ3v) is 1.98. The minimum Gasteiger partial charge on any atom is -0.493 e. The van der Waals surface area contributed by atoms with Gasteiger partial charge in [-0.3, -0.25) is 4.79 Å². The molecule has 0 aliphatic carbocycles. The van der Waals surface area contributed by atoms with E-state index < -0.39 is 6.10 Å². The van der Waals surface area contributed by atoms with E-state index >= 15 is 0 Å². The lowest BCUT2D eigenvalue weighted by Gasteiger charge is -2.07. The molecule has 15 heavy (non-hydrogen) atoms. The van der Waals surface area contributed by atoms with Crippen molar-refractivity contribution >= 4 is 5.91 Å². The molecule has 0 unspecified atom stereocenters. The molecule has 0 saturated carbocycles. The zero-order valence-electron chi connectivity index (χ0n) is 8.64. The average Bonchev–Trinajstić information content (AvgIpc) is 2.18. The second-order valence-corrected chi connectivity index (χ2v) is 3.31. The lowest BCUT2D eigenvalue weighted by atomic mass is 10.1. The molecule has 0 fully saturated rings. The summed E-state index contributed by atoms with van der Waals surface area (Å²) in [6.07, 6.45) is -0.275. The topological polar surface area (TPSA) is 72.6 Å². The molecule has 1 atom stereocenters. The van der Waals surface area contributed by atoms with Gasteiger partial charge in [0.05, 0.1) is 19.1 Å². The molecule has 3 N–H and O–H groups in total. The van der Waals surface area contributed by atoms with Crippen LogP contribution in [0, 0.1) is 0 Å². The Morgan fingerprint density at radius 1 is 1.47 bits per heavy atom. The average molecular weight is 209 g/mol. The van der Waals surface area contributed by atoms with Gasteiger partial charge < -0.3 is 15.6 Å². The Morgan fingerprint density at radius 2 is 2.07 bits per heavy atom. The third-order valence-electron chi connectivity index (χ3n) is 1.98. The Morgan fingerprint density at radius 3 is 2.53 bits per heavy atom. The molecule has 1 aromatic carbocycles. The van der Waals surface area contributed by atoms with Crippen molar-refractivity contribution in [2.24, 2.45) is 5.73 Å². The summed E-state index contributed by atoms with van der Waals surface area (Å²) in [5.41, 5.74) is 5.80. The van der Waals surface area contributed by atoms with Crippen LogP contribution >= 0.6 is 0 Å². The van der Waals surface area contributed by atoms with Gasteiger partial charge in [0, 0.05) is 0 Å². The normalized spacial score (nSPS) is 12.1. The van der Waals surface area contributed by atoms with Crippen LogP contribution in [0.2, 0.25) is 0 Å². The van der Waals surface area contributed by atoms with E-state index in [4.69, 9.17) is 10.5 Å². The van der Waals surface area contributed by atoms with Crippen LogP contribution in [0.15, 0.2) is 24.3 Å². The Labute approximate surface area is 88.7 Å². The first-order chi connectivity index (χ1) is 7.09. The summed E-state index contributed by atoms with van der Waals surface area (Å²) >= 11 is 0. The highest BCUT2D eigenvalue weighted by Gasteiger charge is 2.01. The van der Waals surface area contributed by atoms with Gasteiger partial charge in [-0.15, -0.1) is 0 Å². The molecule has 0 heterocycles. The number of nitrogens with two attached hydrogens (primary N) is 1. The Hall–Kier alpha value is -1.55. The van der Waals surface area contributed by atoms with E-state index in [-0.39, 0.29) is 18.9 Å². The maximum Gasteiger partial charge on any atom is 0.220 e. The molecule has 82 valence electrons. The molecule has 0 saturated heterocycles. The van der Waals surface area contributed by atoms with Crippen molar-refractivity contribution in [1.82, 2.24) is 0 Å². The summed E-state index contributed by atoms with van der Waals surface area (Å²) in [7, 11) is 0. The molecule has 4 heteroatoms. The molecule has 0 spiro atoms. The second kappa shape index (κ2) is 5.36. The number of ether oxygens (including phenoxy) is 1. The fourth-order valence-corrected chi connectivity index (χ4v) is 1.11. The molecule has 0 radical (unpaired) electrons. The van der Waals surface area contributed by atoms with E-state index in [2.05, 4.69) is 0 Å². The molecule has 0 aliphatic heterocycles. The molecular weight excluding hydrogens is 194 g/mol. The van der Waals surface area contributed by atoms with Gasteiger partial charge in [-0.05, 0) is 24.6 Å².